The summed E-state index contributed by atoms with van der Waals surface area (Å²) < 4.78 is 12.3. The summed E-state index contributed by atoms with van der Waals surface area (Å²) in [5.41, 5.74) is -4.71. The van der Waals surface area contributed by atoms with Gasteiger partial charge in [-0.1, -0.05) is 104 Å². The number of fused-ring (bicyclic) bond motifs is 5. The first-order valence-electron chi connectivity index (χ1n) is 17.1. The zero-order valence-corrected chi connectivity index (χ0v) is 27.8. The summed E-state index contributed by atoms with van der Waals surface area (Å²) in [6.07, 6.45) is 15.4. The molecule has 248 valence electrons. The number of unbranched alkanes of at least 4 members (excludes halogenated alkanes) is 10. The third-order valence-corrected chi connectivity index (χ3v) is 11.5. The number of hydrogen-bond donors (Lipinski definition) is 3. The fourth-order valence-corrected chi connectivity index (χ4v) is 9.20. The van der Waals surface area contributed by atoms with E-state index < -0.39 is 69.7 Å². The van der Waals surface area contributed by atoms with E-state index in [9.17, 15) is 29.7 Å². The Labute approximate surface area is 263 Å². The van der Waals surface area contributed by atoms with Gasteiger partial charge in [-0.15, -0.1) is 0 Å². The molecule has 0 bridgehead atoms. The van der Waals surface area contributed by atoms with Gasteiger partial charge in [0.05, 0.1) is 12.2 Å². The zero-order chi connectivity index (χ0) is 32.5. The van der Waals surface area contributed by atoms with Gasteiger partial charge in [0, 0.05) is 48.9 Å². The van der Waals surface area contributed by atoms with Crippen LogP contribution in [-0.4, -0.2) is 62.6 Å². The third kappa shape index (κ3) is 5.84. The molecule has 4 aliphatic carbocycles. The summed E-state index contributed by atoms with van der Waals surface area (Å²) in [6.45, 7) is 10.4. The van der Waals surface area contributed by atoms with Crippen molar-refractivity contribution in [2.75, 3.05) is 6.61 Å². The van der Waals surface area contributed by atoms with E-state index in [1.165, 1.54) is 51.9 Å². The number of esters is 2. The van der Waals surface area contributed by atoms with Gasteiger partial charge < -0.3 is 24.8 Å². The number of Topliss-reactive ketones (excluding diaryl/α,β-unsaturated/α-hetero) is 1. The van der Waals surface area contributed by atoms with E-state index in [0.717, 1.165) is 19.3 Å². The van der Waals surface area contributed by atoms with Crippen molar-refractivity contribution in [3.63, 3.8) is 0 Å². The van der Waals surface area contributed by atoms with Crippen LogP contribution in [0.5, 0.6) is 0 Å². The van der Waals surface area contributed by atoms with Gasteiger partial charge in [-0.2, -0.15) is 0 Å². The Morgan fingerprint density at radius 1 is 0.955 bits per heavy atom. The predicted octanol–water partition coefficient (Wildman–Crippen LogP) is 5.75. The average Bonchev–Trinajstić information content (AvgIpc) is 3.38. The third-order valence-electron chi connectivity index (χ3n) is 11.5. The molecule has 2 saturated carbocycles. The first-order chi connectivity index (χ1) is 20.7. The van der Waals surface area contributed by atoms with Crippen molar-refractivity contribution in [2.45, 2.75) is 148 Å². The SMILES string of the molecule is CCCCCCCCCCCCCC(=O)O[C@@H]1[C@@H](C)[C@@]2(O)[C@@H](C=C(CO)C[C@]3(O)C(=O)C(C)=C[C@@H]23)[C@@H]2C(C)(C)[C@]12OC(C)=O. The minimum Gasteiger partial charge on any atom is -0.458 e. The molecule has 4 rings (SSSR count). The predicted molar refractivity (Wildman–Crippen MR) is 167 cm³/mol. The Balaban J connectivity index is 1.51. The Hall–Kier alpha value is -2.03. The molecule has 0 aromatic rings. The molecule has 8 nitrogen and oxygen atoms in total. The van der Waals surface area contributed by atoms with Gasteiger partial charge in [0.1, 0.15) is 11.7 Å². The topological polar surface area (TPSA) is 130 Å². The van der Waals surface area contributed by atoms with Gasteiger partial charge in [0.2, 0.25) is 0 Å². The molecular formula is C36H56O8. The van der Waals surface area contributed by atoms with Crippen LogP contribution in [-0.2, 0) is 23.9 Å². The number of carbonyl (C=O) groups is 3. The van der Waals surface area contributed by atoms with Gasteiger partial charge in [-0.05, 0) is 24.5 Å². The number of ether oxygens (including phenoxy) is 2. The largest absolute Gasteiger partial charge is 0.458 e. The maximum absolute atomic E-state index is 13.3. The van der Waals surface area contributed by atoms with Crippen LogP contribution in [0.2, 0.25) is 0 Å². The molecule has 8 heteroatoms. The molecule has 8 atom stereocenters. The van der Waals surface area contributed by atoms with Crippen LogP contribution < -0.4 is 0 Å². The van der Waals surface area contributed by atoms with Gasteiger partial charge >= 0.3 is 11.9 Å². The Morgan fingerprint density at radius 3 is 2.07 bits per heavy atom. The maximum Gasteiger partial charge on any atom is 0.306 e. The molecule has 44 heavy (non-hydrogen) atoms. The quantitative estimate of drug-likeness (QED) is 0.120. The van der Waals surface area contributed by atoms with Crippen LogP contribution >= 0.6 is 0 Å². The number of aliphatic hydroxyl groups is 3. The summed E-state index contributed by atoms with van der Waals surface area (Å²) in [4.78, 5) is 39.1. The number of aliphatic hydroxyl groups excluding tert-OH is 1. The monoisotopic (exact) mass is 616 g/mol. The minimum absolute atomic E-state index is 0.108. The van der Waals surface area contributed by atoms with Gasteiger partial charge in [0.25, 0.3) is 0 Å². The molecule has 0 amide bonds. The van der Waals surface area contributed by atoms with Gasteiger partial charge in [-0.3, -0.25) is 14.4 Å². The standard InChI is InChI=1S/C36H56O8/c1-7-8-9-10-11-12-13-14-15-16-17-18-29(39)43-32-24(3)35(42)27(30-33(5,6)36(30,32)44-25(4)38)20-26(22-37)21-34(41)28(35)19-23(2)31(34)40/h19-20,24,27-28,30,32,37,41-42H,7-18,21-22H2,1-6H3/t24-,27+,28-,30-,32-,34-,35-,36-/m1/s1. The van der Waals surface area contributed by atoms with Crippen LogP contribution in [0.15, 0.2) is 23.3 Å². The lowest BCUT2D eigenvalue weighted by Gasteiger charge is -2.53. The molecule has 0 spiro atoms. The minimum atomic E-state index is -1.93. The highest BCUT2D eigenvalue weighted by Gasteiger charge is 2.87. The highest BCUT2D eigenvalue weighted by Crippen LogP contribution is 2.77. The fraction of sp³-hybridized carbons (Fsp3) is 0.806. The second-order valence-electron chi connectivity index (χ2n) is 14.7. The molecule has 4 aliphatic rings. The molecule has 2 fully saturated rings. The first kappa shape index (κ1) is 34.8. The van der Waals surface area contributed by atoms with E-state index in [1.54, 1.807) is 26.0 Å². The van der Waals surface area contributed by atoms with Crippen molar-refractivity contribution in [3.8, 4) is 0 Å². The molecule has 3 N–H and O–H groups in total. The molecule has 0 unspecified atom stereocenters. The molecule has 0 saturated heterocycles. The van der Waals surface area contributed by atoms with Crippen molar-refractivity contribution in [1.29, 1.82) is 0 Å². The molecule has 0 aromatic carbocycles. The van der Waals surface area contributed by atoms with E-state index in [-0.39, 0.29) is 19.4 Å². The highest BCUT2D eigenvalue weighted by atomic mass is 16.6. The van der Waals surface area contributed by atoms with Gasteiger partial charge in [0.15, 0.2) is 11.4 Å². The first-order valence-corrected chi connectivity index (χ1v) is 17.1. The van der Waals surface area contributed by atoms with E-state index in [1.807, 2.05) is 13.8 Å². The van der Waals surface area contributed by atoms with Crippen molar-refractivity contribution in [1.82, 2.24) is 0 Å². The lowest BCUT2D eigenvalue weighted by atomic mass is 9.59. The summed E-state index contributed by atoms with van der Waals surface area (Å²) in [7, 11) is 0. The Kier molecular flexibility index (Phi) is 10.6. The number of hydrogen-bond acceptors (Lipinski definition) is 8. The van der Waals surface area contributed by atoms with Crippen molar-refractivity contribution in [3.05, 3.63) is 23.3 Å². The molecule has 0 aromatic heterocycles. The maximum atomic E-state index is 13.3. The van der Waals surface area contributed by atoms with Crippen molar-refractivity contribution in [2.24, 2.45) is 29.1 Å². The second kappa shape index (κ2) is 13.4. The Bertz CT molecular complexity index is 1150. The summed E-state index contributed by atoms with van der Waals surface area (Å²) in [6, 6.07) is 0. The molecule has 0 heterocycles. The van der Waals surface area contributed by atoms with Gasteiger partial charge in [-0.25, -0.2) is 0 Å². The lowest BCUT2D eigenvalue weighted by Crippen LogP contribution is -2.66. The summed E-state index contributed by atoms with van der Waals surface area (Å²) >= 11 is 0. The number of carbonyl (C=O) groups excluding carboxylic acids is 3. The molecular weight excluding hydrogens is 560 g/mol. The smallest absolute Gasteiger partial charge is 0.306 e. The van der Waals surface area contributed by atoms with E-state index >= 15 is 0 Å². The Morgan fingerprint density at radius 2 is 1.52 bits per heavy atom. The number of rotatable bonds is 15. The van der Waals surface area contributed by atoms with E-state index in [0.29, 0.717) is 17.6 Å². The van der Waals surface area contributed by atoms with Crippen LogP contribution in [0.3, 0.4) is 0 Å². The summed E-state index contributed by atoms with van der Waals surface area (Å²) in [5, 5.41) is 34.8. The van der Waals surface area contributed by atoms with Crippen molar-refractivity contribution < 1.29 is 39.2 Å². The lowest BCUT2D eigenvalue weighted by molar-refractivity contribution is -0.228. The van der Waals surface area contributed by atoms with E-state index in [2.05, 4.69) is 6.92 Å². The fourth-order valence-electron chi connectivity index (χ4n) is 9.20. The molecule has 0 radical (unpaired) electrons. The normalized spacial score (nSPS) is 36.8. The van der Waals surface area contributed by atoms with Crippen LogP contribution in [0.4, 0.5) is 0 Å². The number of ketones is 1. The van der Waals surface area contributed by atoms with Crippen molar-refractivity contribution >= 4 is 17.7 Å². The van der Waals surface area contributed by atoms with Crippen LogP contribution in [0, 0.1) is 29.1 Å². The summed E-state index contributed by atoms with van der Waals surface area (Å²) in [5.74, 6) is -4.29. The molecule has 0 aliphatic heterocycles. The highest BCUT2D eigenvalue weighted by molar-refractivity contribution is 6.04. The van der Waals surface area contributed by atoms with Crippen LogP contribution in [0.1, 0.15) is 125 Å². The zero-order valence-electron chi connectivity index (χ0n) is 27.8. The second-order valence-corrected chi connectivity index (χ2v) is 14.7. The average molecular weight is 617 g/mol. The van der Waals surface area contributed by atoms with Crippen LogP contribution in [0.25, 0.3) is 0 Å². The van der Waals surface area contributed by atoms with E-state index in [4.69, 9.17) is 9.47 Å².